The molecule has 2 aromatic carbocycles. The summed E-state index contributed by atoms with van der Waals surface area (Å²) in [5.41, 5.74) is 2.99. The van der Waals surface area contributed by atoms with Gasteiger partial charge in [0.1, 0.15) is 5.75 Å². The van der Waals surface area contributed by atoms with Crippen molar-refractivity contribution in [1.82, 2.24) is 10.2 Å². The lowest BCUT2D eigenvalue weighted by Gasteiger charge is -2.09. The molecule has 0 unspecified atom stereocenters. The largest absolute Gasteiger partial charge is 0.484 e. The average molecular weight is 483 g/mol. The summed E-state index contributed by atoms with van der Waals surface area (Å²) in [4.78, 5) is 12.2. The van der Waals surface area contributed by atoms with Crippen molar-refractivity contribution in [1.29, 1.82) is 0 Å². The smallest absolute Gasteiger partial charge is 0.277 e. The summed E-state index contributed by atoms with van der Waals surface area (Å²) < 4.78 is 11.9. The third-order valence-corrected chi connectivity index (χ3v) is 5.53. The van der Waals surface area contributed by atoms with Crippen LogP contribution in [0.3, 0.4) is 0 Å². The minimum atomic E-state index is -0.161. The molecule has 1 heterocycles. The molecule has 0 bridgehead atoms. The number of aryl methyl sites for hydroxylation is 2. The van der Waals surface area contributed by atoms with Crippen LogP contribution in [0.25, 0.3) is 0 Å². The Hall–Kier alpha value is -2.03. The summed E-state index contributed by atoms with van der Waals surface area (Å²) in [6, 6.07) is 10.9. The summed E-state index contributed by atoms with van der Waals surface area (Å²) >= 11 is 10.5. The van der Waals surface area contributed by atoms with E-state index < -0.39 is 0 Å². The summed E-state index contributed by atoms with van der Waals surface area (Å²) in [7, 11) is 0. The van der Waals surface area contributed by atoms with Gasteiger partial charge in [-0.15, -0.1) is 10.2 Å². The predicted molar refractivity (Wildman–Crippen MR) is 113 cm³/mol. The molecule has 0 aliphatic rings. The maximum absolute atomic E-state index is 12.2. The Balaban J connectivity index is 1.49. The molecular weight excluding hydrogens is 466 g/mol. The van der Waals surface area contributed by atoms with Crippen LogP contribution in [0, 0.1) is 13.8 Å². The van der Waals surface area contributed by atoms with Gasteiger partial charge in [0.2, 0.25) is 5.91 Å². The van der Waals surface area contributed by atoms with Gasteiger partial charge in [0, 0.05) is 9.50 Å². The minimum Gasteiger partial charge on any atom is -0.484 e. The SMILES string of the molecule is Cc1cc(Br)c(NC(=O)CSc2nnc(COc3ccc(Cl)cc3)o2)cc1C. The van der Waals surface area contributed by atoms with E-state index in [-0.39, 0.29) is 18.3 Å². The number of carbonyl (C=O) groups excluding carboxylic acids is 1. The number of nitrogens with one attached hydrogen (secondary N) is 1. The Labute approximate surface area is 180 Å². The van der Waals surface area contributed by atoms with E-state index in [0.29, 0.717) is 21.9 Å². The van der Waals surface area contributed by atoms with Crippen molar-refractivity contribution in [3.05, 3.63) is 62.9 Å². The number of thioether (sulfide) groups is 1. The van der Waals surface area contributed by atoms with Gasteiger partial charge in [-0.05, 0) is 77.3 Å². The van der Waals surface area contributed by atoms with Crippen LogP contribution in [0.15, 0.2) is 50.5 Å². The maximum Gasteiger partial charge on any atom is 0.277 e. The van der Waals surface area contributed by atoms with Crippen LogP contribution in [0.2, 0.25) is 5.02 Å². The van der Waals surface area contributed by atoms with Crippen LogP contribution in [-0.4, -0.2) is 21.9 Å². The number of rotatable bonds is 7. The molecule has 1 aromatic heterocycles. The average Bonchev–Trinajstić information content (AvgIpc) is 3.12. The summed E-state index contributed by atoms with van der Waals surface area (Å²) in [6.45, 7) is 4.15. The zero-order chi connectivity index (χ0) is 20.1. The first-order valence-corrected chi connectivity index (χ1v) is 10.5. The second-order valence-corrected chi connectivity index (χ2v) is 8.17. The molecule has 3 rings (SSSR count). The van der Waals surface area contributed by atoms with Crippen LogP contribution in [0.4, 0.5) is 5.69 Å². The molecular formula is C19H17BrClN3O3S. The zero-order valence-electron chi connectivity index (χ0n) is 15.2. The Morgan fingerprint density at radius 3 is 2.68 bits per heavy atom. The molecule has 0 atom stereocenters. The minimum absolute atomic E-state index is 0.136. The van der Waals surface area contributed by atoms with Gasteiger partial charge < -0.3 is 14.5 Å². The lowest BCUT2D eigenvalue weighted by Crippen LogP contribution is -2.14. The number of anilines is 1. The van der Waals surface area contributed by atoms with E-state index in [9.17, 15) is 4.79 Å². The van der Waals surface area contributed by atoms with E-state index >= 15 is 0 Å². The first-order valence-electron chi connectivity index (χ1n) is 8.31. The van der Waals surface area contributed by atoms with E-state index in [1.54, 1.807) is 24.3 Å². The topological polar surface area (TPSA) is 77.2 Å². The first kappa shape index (κ1) is 20.7. The van der Waals surface area contributed by atoms with Crippen molar-refractivity contribution < 1.29 is 13.9 Å². The monoisotopic (exact) mass is 481 g/mol. The van der Waals surface area contributed by atoms with Gasteiger partial charge in [-0.2, -0.15) is 0 Å². The van der Waals surface area contributed by atoms with Gasteiger partial charge in [0.05, 0.1) is 11.4 Å². The van der Waals surface area contributed by atoms with Gasteiger partial charge in [-0.1, -0.05) is 23.4 Å². The van der Waals surface area contributed by atoms with Crippen molar-refractivity contribution in [2.75, 3.05) is 11.1 Å². The van der Waals surface area contributed by atoms with Gasteiger partial charge in [0.15, 0.2) is 6.61 Å². The van der Waals surface area contributed by atoms with Gasteiger partial charge in [-0.25, -0.2) is 0 Å². The van der Waals surface area contributed by atoms with Crippen LogP contribution in [-0.2, 0) is 11.4 Å². The number of halogens is 2. The molecule has 146 valence electrons. The van der Waals surface area contributed by atoms with Crippen molar-refractivity contribution >= 4 is 50.9 Å². The Morgan fingerprint density at radius 1 is 1.21 bits per heavy atom. The van der Waals surface area contributed by atoms with Crippen molar-refractivity contribution in [2.24, 2.45) is 0 Å². The number of benzene rings is 2. The van der Waals surface area contributed by atoms with Crippen LogP contribution < -0.4 is 10.1 Å². The van der Waals surface area contributed by atoms with Crippen LogP contribution in [0.5, 0.6) is 5.75 Å². The van der Waals surface area contributed by atoms with Crippen molar-refractivity contribution in [3.63, 3.8) is 0 Å². The molecule has 1 N–H and O–H groups in total. The molecule has 1 amide bonds. The van der Waals surface area contributed by atoms with Crippen LogP contribution in [0.1, 0.15) is 17.0 Å². The van der Waals surface area contributed by atoms with Crippen molar-refractivity contribution in [2.45, 2.75) is 25.7 Å². The molecule has 0 aliphatic carbocycles. The molecule has 0 saturated carbocycles. The maximum atomic E-state index is 12.2. The third kappa shape index (κ3) is 5.73. The highest BCUT2D eigenvalue weighted by atomic mass is 79.9. The van der Waals surface area contributed by atoms with E-state index in [1.807, 2.05) is 26.0 Å². The summed E-state index contributed by atoms with van der Waals surface area (Å²) in [5.74, 6) is 0.968. The molecule has 0 fully saturated rings. The Bertz CT molecular complexity index is 979. The van der Waals surface area contributed by atoms with Gasteiger partial charge in [-0.3, -0.25) is 4.79 Å². The van der Waals surface area contributed by atoms with Crippen LogP contribution >= 0.6 is 39.3 Å². The third-order valence-electron chi connectivity index (χ3n) is 3.81. The highest BCUT2D eigenvalue weighted by Gasteiger charge is 2.12. The standard InChI is InChI=1S/C19H17BrClN3O3S/c1-11-7-15(20)16(8-12(11)2)22-17(25)10-28-19-24-23-18(27-19)9-26-14-5-3-13(21)4-6-14/h3-8H,9-10H2,1-2H3,(H,22,25). The number of hydrogen-bond donors (Lipinski definition) is 1. The second-order valence-electron chi connectivity index (χ2n) is 5.96. The highest BCUT2D eigenvalue weighted by Crippen LogP contribution is 2.26. The van der Waals surface area contributed by atoms with E-state index in [0.717, 1.165) is 33.0 Å². The lowest BCUT2D eigenvalue weighted by atomic mass is 10.1. The Kier molecular flexibility index (Phi) is 6.98. The van der Waals surface area contributed by atoms with E-state index in [2.05, 4.69) is 31.4 Å². The molecule has 3 aromatic rings. The van der Waals surface area contributed by atoms with E-state index in [1.165, 1.54) is 0 Å². The van der Waals surface area contributed by atoms with Gasteiger partial charge >= 0.3 is 0 Å². The van der Waals surface area contributed by atoms with E-state index in [4.69, 9.17) is 20.8 Å². The van der Waals surface area contributed by atoms with Crippen molar-refractivity contribution in [3.8, 4) is 5.75 Å². The predicted octanol–water partition coefficient (Wildman–Crippen LogP) is 5.41. The fraction of sp³-hybridized carbons (Fsp3) is 0.211. The highest BCUT2D eigenvalue weighted by molar-refractivity contribution is 9.10. The molecule has 0 saturated heterocycles. The fourth-order valence-electron chi connectivity index (χ4n) is 2.22. The number of aromatic nitrogens is 2. The normalized spacial score (nSPS) is 10.7. The number of ether oxygens (including phenoxy) is 1. The first-order chi connectivity index (χ1) is 13.4. The molecule has 0 spiro atoms. The molecule has 28 heavy (non-hydrogen) atoms. The molecule has 0 radical (unpaired) electrons. The summed E-state index contributed by atoms with van der Waals surface area (Å²) in [5, 5.41) is 11.7. The number of nitrogens with zero attached hydrogens (tertiary/aromatic N) is 2. The summed E-state index contributed by atoms with van der Waals surface area (Å²) in [6.07, 6.45) is 0. The number of hydrogen-bond acceptors (Lipinski definition) is 6. The quantitative estimate of drug-likeness (QED) is 0.454. The molecule has 0 aliphatic heterocycles. The molecule has 9 heteroatoms. The Morgan fingerprint density at radius 2 is 1.93 bits per heavy atom. The molecule has 6 nitrogen and oxygen atoms in total. The lowest BCUT2D eigenvalue weighted by molar-refractivity contribution is -0.113. The zero-order valence-corrected chi connectivity index (χ0v) is 18.3. The second kappa shape index (κ2) is 9.45. The number of amides is 1. The van der Waals surface area contributed by atoms with Gasteiger partial charge in [0.25, 0.3) is 11.1 Å². The number of carbonyl (C=O) groups is 1. The fourth-order valence-corrected chi connectivity index (χ4v) is 3.48.